The fourth-order valence-electron chi connectivity index (χ4n) is 3.36. The summed E-state index contributed by atoms with van der Waals surface area (Å²) in [5.74, 6) is 1.60. The molecule has 1 heterocycles. The van der Waals surface area contributed by atoms with Crippen LogP contribution in [0.25, 0.3) is 0 Å². The number of aliphatic imine (C=N–C) groups is 1. The number of hydrogen-bond donors (Lipinski definition) is 1. The minimum Gasteiger partial charge on any atom is -0.370 e. The Morgan fingerprint density at radius 3 is 2.45 bits per heavy atom. The molecule has 2 fully saturated rings. The summed E-state index contributed by atoms with van der Waals surface area (Å²) in [6, 6.07) is 0.774. The quantitative estimate of drug-likeness (QED) is 0.635. The molecular weight excluding hydrogens is 248 g/mol. The van der Waals surface area contributed by atoms with Crippen molar-refractivity contribution in [2.24, 2.45) is 16.6 Å². The van der Waals surface area contributed by atoms with Crippen molar-refractivity contribution in [2.45, 2.75) is 57.9 Å². The maximum absolute atomic E-state index is 6.12. The molecule has 20 heavy (non-hydrogen) atoms. The van der Waals surface area contributed by atoms with Crippen LogP contribution >= 0.6 is 0 Å². The molecule has 1 aliphatic carbocycles. The summed E-state index contributed by atoms with van der Waals surface area (Å²) in [7, 11) is 2.24. The molecule has 0 aromatic heterocycles. The third kappa shape index (κ3) is 4.65. The van der Waals surface area contributed by atoms with E-state index in [0.29, 0.717) is 0 Å². The maximum atomic E-state index is 6.12. The highest BCUT2D eigenvalue weighted by molar-refractivity contribution is 5.78. The molecule has 2 aliphatic rings. The number of nitrogens with zero attached hydrogens (tertiary/aromatic N) is 3. The lowest BCUT2D eigenvalue weighted by Crippen LogP contribution is -2.43. The molecule has 0 spiro atoms. The Kier molecular flexibility index (Phi) is 6.14. The number of guanidine groups is 1. The van der Waals surface area contributed by atoms with Crippen molar-refractivity contribution in [3.05, 3.63) is 0 Å². The standard InChI is InChI=1S/C16H32N4/c1-14-8-11-20(12-9-14)16(17)18-10-13-19(2)15-6-4-3-5-7-15/h14-15H,3-13H2,1-2H3,(H2,17,18). The summed E-state index contributed by atoms with van der Waals surface area (Å²) in [5.41, 5.74) is 6.12. The third-order valence-corrected chi connectivity index (χ3v) is 5.03. The van der Waals surface area contributed by atoms with Gasteiger partial charge in [-0.1, -0.05) is 26.2 Å². The van der Waals surface area contributed by atoms with Crippen LogP contribution < -0.4 is 5.73 Å². The van der Waals surface area contributed by atoms with Crippen LogP contribution in [0.4, 0.5) is 0 Å². The Bertz CT molecular complexity index is 302. The Balaban J connectivity index is 1.69. The predicted octanol–water partition coefficient (Wildman–Crippen LogP) is 2.30. The van der Waals surface area contributed by atoms with E-state index in [1.54, 1.807) is 0 Å². The van der Waals surface area contributed by atoms with Crippen molar-refractivity contribution in [3.63, 3.8) is 0 Å². The van der Waals surface area contributed by atoms with Gasteiger partial charge in [0.05, 0.1) is 6.54 Å². The average Bonchev–Trinajstić information content (AvgIpc) is 2.48. The van der Waals surface area contributed by atoms with E-state index < -0.39 is 0 Å². The summed E-state index contributed by atoms with van der Waals surface area (Å²) >= 11 is 0. The molecule has 2 rings (SSSR count). The summed E-state index contributed by atoms with van der Waals surface area (Å²) in [5, 5.41) is 0. The van der Waals surface area contributed by atoms with E-state index in [0.717, 1.165) is 44.1 Å². The first-order valence-electron chi connectivity index (χ1n) is 8.42. The van der Waals surface area contributed by atoms with Gasteiger partial charge < -0.3 is 15.5 Å². The zero-order chi connectivity index (χ0) is 14.4. The monoisotopic (exact) mass is 280 g/mol. The third-order valence-electron chi connectivity index (χ3n) is 5.03. The maximum Gasteiger partial charge on any atom is 0.191 e. The predicted molar refractivity (Wildman–Crippen MR) is 86.0 cm³/mol. The fourth-order valence-corrected chi connectivity index (χ4v) is 3.36. The number of rotatable bonds is 4. The van der Waals surface area contributed by atoms with Gasteiger partial charge in [-0.25, -0.2) is 0 Å². The van der Waals surface area contributed by atoms with Crippen LogP contribution in [0, 0.1) is 5.92 Å². The highest BCUT2D eigenvalue weighted by atomic mass is 15.3. The Morgan fingerprint density at radius 1 is 1.15 bits per heavy atom. The number of likely N-dealkylation sites (tertiary alicyclic amines) is 1. The van der Waals surface area contributed by atoms with Gasteiger partial charge >= 0.3 is 0 Å². The Labute approximate surface area is 124 Å². The van der Waals surface area contributed by atoms with Crippen LogP contribution in [0.3, 0.4) is 0 Å². The van der Waals surface area contributed by atoms with Crippen LogP contribution in [0.15, 0.2) is 4.99 Å². The lowest BCUT2D eigenvalue weighted by atomic mass is 9.94. The summed E-state index contributed by atoms with van der Waals surface area (Å²) in [6.45, 7) is 6.36. The summed E-state index contributed by atoms with van der Waals surface area (Å²) in [4.78, 5) is 9.32. The summed E-state index contributed by atoms with van der Waals surface area (Å²) < 4.78 is 0. The molecule has 0 amide bonds. The topological polar surface area (TPSA) is 44.9 Å². The van der Waals surface area contributed by atoms with Gasteiger partial charge in [0.1, 0.15) is 0 Å². The van der Waals surface area contributed by atoms with Crippen LogP contribution in [-0.2, 0) is 0 Å². The highest BCUT2D eigenvalue weighted by Crippen LogP contribution is 2.21. The van der Waals surface area contributed by atoms with Crippen molar-refractivity contribution < 1.29 is 0 Å². The van der Waals surface area contributed by atoms with Gasteiger partial charge in [0.15, 0.2) is 5.96 Å². The van der Waals surface area contributed by atoms with E-state index in [2.05, 4.69) is 28.8 Å². The molecule has 2 N–H and O–H groups in total. The Morgan fingerprint density at radius 2 is 1.80 bits per heavy atom. The molecule has 1 saturated heterocycles. The fraction of sp³-hybridized carbons (Fsp3) is 0.938. The zero-order valence-corrected chi connectivity index (χ0v) is 13.4. The van der Waals surface area contributed by atoms with Gasteiger partial charge in [0, 0.05) is 25.7 Å². The molecule has 1 saturated carbocycles. The molecule has 4 nitrogen and oxygen atoms in total. The van der Waals surface area contributed by atoms with Gasteiger partial charge in [-0.2, -0.15) is 0 Å². The summed E-state index contributed by atoms with van der Waals surface area (Å²) in [6.07, 6.45) is 9.43. The van der Waals surface area contributed by atoms with Gasteiger partial charge in [0.25, 0.3) is 0 Å². The SMILES string of the molecule is CC1CCN(C(N)=NCCN(C)C2CCCCC2)CC1. The first-order chi connectivity index (χ1) is 9.66. The van der Waals surface area contributed by atoms with E-state index in [4.69, 9.17) is 5.73 Å². The second kappa shape index (κ2) is 7.87. The molecule has 0 radical (unpaired) electrons. The van der Waals surface area contributed by atoms with Gasteiger partial charge in [-0.3, -0.25) is 4.99 Å². The van der Waals surface area contributed by atoms with Crippen molar-refractivity contribution in [1.82, 2.24) is 9.80 Å². The van der Waals surface area contributed by atoms with E-state index in [1.165, 1.54) is 44.9 Å². The zero-order valence-electron chi connectivity index (χ0n) is 13.4. The molecule has 0 bridgehead atoms. The van der Waals surface area contributed by atoms with Crippen LogP contribution in [0.1, 0.15) is 51.9 Å². The molecule has 1 aliphatic heterocycles. The lowest BCUT2D eigenvalue weighted by Gasteiger charge is -2.32. The highest BCUT2D eigenvalue weighted by Gasteiger charge is 2.18. The van der Waals surface area contributed by atoms with Crippen LogP contribution in [0.2, 0.25) is 0 Å². The van der Waals surface area contributed by atoms with Crippen molar-refractivity contribution in [2.75, 3.05) is 33.2 Å². The molecule has 0 unspecified atom stereocenters. The number of piperidine rings is 1. The van der Waals surface area contributed by atoms with Gasteiger partial charge in [-0.05, 0) is 38.6 Å². The lowest BCUT2D eigenvalue weighted by molar-refractivity contribution is 0.196. The van der Waals surface area contributed by atoms with E-state index >= 15 is 0 Å². The molecule has 116 valence electrons. The molecule has 0 atom stereocenters. The average molecular weight is 280 g/mol. The number of nitrogens with two attached hydrogens (primary N) is 1. The van der Waals surface area contributed by atoms with Crippen molar-refractivity contribution in [3.8, 4) is 0 Å². The van der Waals surface area contributed by atoms with Crippen molar-refractivity contribution in [1.29, 1.82) is 0 Å². The minimum atomic E-state index is 0.758. The number of hydrogen-bond acceptors (Lipinski definition) is 2. The van der Waals surface area contributed by atoms with Gasteiger partial charge in [0.2, 0.25) is 0 Å². The molecular formula is C16H32N4. The van der Waals surface area contributed by atoms with Crippen LogP contribution in [-0.4, -0.2) is 55.0 Å². The second-order valence-electron chi connectivity index (χ2n) is 6.68. The largest absolute Gasteiger partial charge is 0.370 e. The normalized spacial score (nSPS) is 23.6. The van der Waals surface area contributed by atoms with E-state index in [9.17, 15) is 0 Å². The van der Waals surface area contributed by atoms with Crippen molar-refractivity contribution >= 4 is 5.96 Å². The first kappa shape index (κ1) is 15.6. The minimum absolute atomic E-state index is 0.758. The van der Waals surface area contributed by atoms with E-state index in [1.807, 2.05) is 0 Å². The van der Waals surface area contributed by atoms with Crippen LogP contribution in [0.5, 0.6) is 0 Å². The van der Waals surface area contributed by atoms with E-state index in [-0.39, 0.29) is 0 Å². The smallest absolute Gasteiger partial charge is 0.191 e. The van der Waals surface area contributed by atoms with Gasteiger partial charge in [-0.15, -0.1) is 0 Å². The first-order valence-corrected chi connectivity index (χ1v) is 8.42. The molecule has 0 aromatic rings. The molecule has 0 aromatic carbocycles. The Hall–Kier alpha value is -0.770. The molecule has 4 heteroatoms. The number of likely N-dealkylation sites (N-methyl/N-ethyl adjacent to an activating group) is 1. The second-order valence-corrected chi connectivity index (χ2v) is 6.68.